The molecule has 0 saturated carbocycles. The minimum Gasteiger partial charge on any atom is -0.480 e. The molecule has 3 heterocycles. The van der Waals surface area contributed by atoms with Crippen LogP contribution in [0.4, 0.5) is 31.9 Å². The number of halogens is 3. The predicted molar refractivity (Wildman–Crippen MR) is 143 cm³/mol. The van der Waals surface area contributed by atoms with Gasteiger partial charge in [0.15, 0.2) is 12.4 Å². The molecule has 1 aliphatic rings. The minimum atomic E-state index is -3.13. The zero-order valence-electron chi connectivity index (χ0n) is 21.6. The highest BCUT2D eigenvalue weighted by atomic mass is 35.5. The number of rotatable bonds is 9. The van der Waals surface area contributed by atoms with Crippen molar-refractivity contribution >= 4 is 45.6 Å². The van der Waals surface area contributed by atoms with Crippen molar-refractivity contribution in [3.63, 3.8) is 0 Å². The van der Waals surface area contributed by atoms with Gasteiger partial charge >= 0.3 is 0 Å². The molecule has 13 heteroatoms. The highest BCUT2D eigenvalue weighted by Crippen LogP contribution is 2.36. The number of ether oxygens (including phenoxy) is 2. The number of nitrogens with zero attached hydrogens (tertiary/aromatic N) is 4. The van der Waals surface area contributed by atoms with Gasteiger partial charge in [-0.25, -0.2) is 13.8 Å². The van der Waals surface area contributed by atoms with Gasteiger partial charge in [0.2, 0.25) is 11.7 Å². The number of benzene rings is 1. The number of methoxy groups -OCH3 is 1. The summed E-state index contributed by atoms with van der Waals surface area (Å²) in [4.78, 5) is 23.5. The van der Waals surface area contributed by atoms with Crippen molar-refractivity contribution in [3.8, 4) is 5.75 Å². The molecule has 4 rings (SSSR count). The molecule has 0 fully saturated rings. The van der Waals surface area contributed by atoms with E-state index < -0.39 is 30.7 Å². The third-order valence-corrected chi connectivity index (χ3v) is 6.72. The van der Waals surface area contributed by atoms with Crippen LogP contribution >= 0.6 is 11.6 Å². The lowest BCUT2D eigenvalue weighted by molar-refractivity contribution is -0.0251. The maximum atomic E-state index is 14.0. The minimum absolute atomic E-state index is 0.124. The molecular weight excluding hydrogens is 522 g/mol. The van der Waals surface area contributed by atoms with Gasteiger partial charge in [0.25, 0.3) is 11.5 Å². The van der Waals surface area contributed by atoms with Crippen molar-refractivity contribution in [1.29, 1.82) is 0 Å². The van der Waals surface area contributed by atoms with Crippen molar-refractivity contribution in [2.75, 3.05) is 42.5 Å². The summed E-state index contributed by atoms with van der Waals surface area (Å²) in [6.45, 7) is 2.50. The Labute approximate surface area is 223 Å². The van der Waals surface area contributed by atoms with Crippen LogP contribution in [0.1, 0.15) is 26.7 Å². The molecule has 3 N–H and O–H groups in total. The first-order valence-corrected chi connectivity index (χ1v) is 12.6. The van der Waals surface area contributed by atoms with E-state index in [-0.39, 0.29) is 29.2 Å². The molecule has 0 amide bonds. The van der Waals surface area contributed by atoms with E-state index in [1.165, 1.54) is 10.8 Å². The average Bonchev–Trinajstić information content (AvgIpc) is 3.05. The number of aliphatic hydroxyl groups excluding tert-OH is 1. The molecule has 0 spiro atoms. The van der Waals surface area contributed by atoms with E-state index in [1.54, 1.807) is 32.4 Å². The fourth-order valence-corrected chi connectivity index (χ4v) is 4.42. The highest BCUT2D eigenvalue weighted by molar-refractivity contribution is 6.32. The second kappa shape index (κ2) is 11.3. The summed E-state index contributed by atoms with van der Waals surface area (Å²) in [6, 6.07) is 5.01. The number of fused-ring (bicyclic) bond motifs is 3. The lowest BCUT2D eigenvalue weighted by Gasteiger charge is -2.30. The van der Waals surface area contributed by atoms with Gasteiger partial charge < -0.3 is 34.7 Å². The number of alkyl halides is 2. The molecule has 206 valence electrons. The van der Waals surface area contributed by atoms with E-state index in [1.807, 2.05) is 18.7 Å². The smallest absolute Gasteiger partial charge is 0.298 e. The van der Waals surface area contributed by atoms with Crippen molar-refractivity contribution in [3.05, 3.63) is 39.8 Å². The second-order valence-electron chi connectivity index (χ2n) is 9.32. The highest BCUT2D eigenvalue weighted by Gasteiger charge is 2.35. The summed E-state index contributed by atoms with van der Waals surface area (Å²) in [5.41, 5.74) is 0.774. The Morgan fingerprint density at radius 2 is 2.18 bits per heavy atom. The average molecular weight is 553 g/mol. The summed E-state index contributed by atoms with van der Waals surface area (Å²) in [5, 5.41) is 16.7. The SMILES string of the molecule is CCC(O)CC(C)N(COC)c1ncc(Cl)c(Nc2ccc3c(c2)c2c(c(=O)n3C)OCC(F)(F)CN2)n1. The van der Waals surface area contributed by atoms with Crippen LogP contribution in [-0.4, -0.2) is 64.7 Å². The van der Waals surface area contributed by atoms with Crippen molar-refractivity contribution in [1.82, 2.24) is 14.5 Å². The zero-order valence-corrected chi connectivity index (χ0v) is 22.4. The summed E-state index contributed by atoms with van der Waals surface area (Å²) >= 11 is 6.41. The molecule has 1 aromatic carbocycles. The van der Waals surface area contributed by atoms with Crippen LogP contribution in [-0.2, 0) is 11.8 Å². The topological polar surface area (TPSA) is 114 Å². The van der Waals surface area contributed by atoms with E-state index in [2.05, 4.69) is 20.6 Å². The molecule has 0 radical (unpaired) electrons. The Hall–Kier alpha value is -3.22. The molecule has 2 aromatic heterocycles. The molecule has 38 heavy (non-hydrogen) atoms. The van der Waals surface area contributed by atoms with Crippen LogP contribution < -0.4 is 25.8 Å². The fourth-order valence-electron chi connectivity index (χ4n) is 4.28. The van der Waals surface area contributed by atoms with Gasteiger partial charge in [-0.05, 0) is 38.0 Å². The number of nitrogens with one attached hydrogen (secondary N) is 2. The van der Waals surface area contributed by atoms with E-state index in [0.29, 0.717) is 41.2 Å². The molecule has 2 unspecified atom stereocenters. The number of anilines is 4. The van der Waals surface area contributed by atoms with E-state index in [0.717, 1.165) is 0 Å². The third-order valence-electron chi connectivity index (χ3n) is 6.44. The van der Waals surface area contributed by atoms with Crippen molar-refractivity contribution < 1.29 is 23.4 Å². The number of aliphatic hydroxyl groups is 1. The van der Waals surface area contributed by atoms with E-state index in [4.69, 9.17) is 21.1 Å². The first kappa shape index (κ1) is 27.8. The van der Waals surface area contributed by atoms with Crippen LogP contribution in [0, 0.1) is 0 Å². The number of aromatic nitrogens is 3. The van der Waals surface area contributed by atoms with Crippen LogP contribution in [0.15, 0.2) is 29.2 Å². The van der Waals surface area contributed by atoms with Crippen molar-refractivity contribution in [2.45, 2.75) is 44.8 Å². The lowest BCUT2D eigenvalue weighted by Crippen LogP contribution is -2.38. The zero-order chi connectivity index (χ0) is 27.6. The van der Waals surface area contributed by atoms with Gasteiger partial charge in [-0.2, -0.15) is 4.98 Å². The van der Waals surface area contributed by atoms with Crippen molar-refractivity contribution in [2.24, 2.45) is 7.05 Å². The summed E-state index contributed by atoms with van der Waals surface area (Å²) in [5.74, 6) is -2.62. The number of aryl methyl sites for hydroxylation is 1. The van der Waals surface area contributed by atoms with Crippen LogP contribution in [0.2, 0.25) is 5.02 Å². The normalized spacial score (nSPS) is 16.1. The Bertz CT molecular complexity index is 1370. The Morgan fingerprint density at radius 3 is 2.89 bits per heavy atom. The Balaban J connectivity index is 1.71. The summed E-state index contributed by atoms with van der Waals surface area (Å²) in [7, 11) is 3.11. The number of hydrogen-bond acceptors (Lipinski definition) is 9. The van der Waals surface area contributed by atoms with Gasteiger partial charge in [0.05, 0.1) is 30.0 Å². The maximum absolute atomic E-state index is 14.0. The van der Waals surface area contributed by atoms with E-state index >= 15 is 0 Å². The van der Waals surface area contributed by atoms with Gasteiger partial charge in [-0.1, -0.05) is 18.5 Å². The summed E-state index contributed by atoms with van der Waals surface area (Å²) in [6.07, 6.45) is 2.10. The maximum Gasteiger partial charge on any atom is 0.298 e. The molecule has 0 saturated heterocycles. The Morgan fingerprint density at radius 1 is 1.42 bits per heavy atom. The molecule has 3 aromatic rings. The molecule has 0 bridgehead atoms. The van der Waals surface area contributed by atoms with Gasteiger partial charge in [-0.15, -0.1) is 0 Å². The monoisotopic (exact) mass is 552 g/mol. The standard InChI is InChI=1S/C25H31ClF2N6O4/c1-5-16(35)8-14(2)34(13-37-4)24-29-10-18(26)22(32-24)31-15-6-7-19-17(9-15)20-21(23(36)33(19)3)38-12-25(27,28)11-30-20/h6-7,9-10,14,16,30,35H,5,8,11-13H2,1-4H3,(H,29,31,32). The third kappa shape index (κ3) is 5.77. The van der Waals surface area contributed by atoms with Crippen LogP contribution in [0.5, 0.6) is 5.75 Å². The van der Waals surface area contributed by atoms with Gasteiger partial charge in [-0.3, -0.25) is 4.79 Å². The lowest BCUT2D eigenvalue weighted by atomic mass is 10.1. The molecular formula is C25H31ClF2N6O4. The Kier molecular flexibility index (Phi) is 8.24. The fraction of sp³-hybridized carbons (Fsp3) is 0.480. The number of hydrogen-bond donors (Lipinski definition) is 3. The molecule has 0 aliphatic carbocycles. The van der Waals surface area contributed by atoms with Crippen LogP contribution in [0.3, 0.4) is 0 Å². The first-order chi connectivity index (χ1) is 18.0. The van der Waals surface area contributed by atoms with Crippen LogP contribution in [0.25, 0.3) is 10.9 Å². The predicted octanol–water partition coefficient (Wildman–Crippen LogP) is 4.12. The molecule has 1 aliphatic heterocycles. The van der Waals surface area contributed by atoms with Gasteiger partial charge in [0, 0.05) is 31.3 Å². The second-order valence-corrected chi connectivity index (χ2v) is 9.73. The molecule has 2 atom stereocenters. The number of pyridine rings is 1. The van der Waals surface area contributed by atoms with Gasteiger partial charge in [0.1, 0.15) is 11.8 Å². The van der Waals surface area contributed by atoms with E-state index in [9.17, 15) is 18.7 Å². The molecule has 10 nitrogen and oxygen atoms in total. The first-order valence-electron chi connectivity index (χ1n) is 12.2. The quantitative estimate of drug-likeness (QED) is 0.337. The summed E-state index contributed by atoms with van der Waals surface area (Å²) < 4.78 is 40.0. The largest absolute Gasteiger partial charge is 0.480 e.